The van der Waals surface area contributed by atoms with Crippen molar-refractivity contribution in [3.8, 4) is 11.5 Å². The van der Waals surface area contributed by atoms with E-state index in [0.29, 0.717) is 18.3 Å². The number of ether oxygens (including phenoxy) is 3. The molecule has 21 heavy (non-hydrogen) atoms. The van der Waals surface area contributed by atoms with Gasteiger partial charge in [0.2, 0.25) is 0 Å². The number of rotatable bonds is 3. The predicted octanol–water partition coefficient (Wildman–Crippen LogP) is 2.31. The molecule has 3 rings (SSSR count). The van der Waals surface area contributed by atoms with E-state index in [1.165, 1.54) is 0 Å². The molecule has 1 aromatic carbocycles. The van der Waals surface area contributed by atoms with E-state index < -0.39 is 0 Å². The van der Waals surface area contributed by atoms with Crippen molar-refractivity contribution < 1.29 is 14.2 Å². The summed E-state index contributed by atoms with van der Waals surface area (Å²) in [4.78, 5) is 0. The van der Waals surface area contributed by atoms with E-state index in [1.807, 2.05) is 18.2 Å². The van der Waals surface area contributed by atoms with Crippen LogP contribution in [0.15, 0.2) is 18.2 Å². The highest BCUT2D eigenvalue weighted by Crippen LogP contribution is 2.32. The summed E-state index contributed by atoms with van der Waals surface area (Å²) in [5.41, 5.74) is 0.893. The average molecular weight is 308 g/mol. The number of hydrogen-bond acceptors (Lipinski definition) is 4. The van der Waals surface area contributed by atoms with Gasteiger partial charge in [-0.2, -0.15) is 0 Å². The zero-order valence-electron chi connectivity index (χ0n) is 11.9. The number of nitrogens with one attached hydrogen (secondary N) is 2. The molecule has 2 aliphatic heterocycles. The molecule has 0 unspecified atom stereocenters. The van der Waals surface area contributed by atoms with E-state index in [2.05, 4.69) is 10.6 Å². The Bertz CT molecular complexity index is 504. The van der Waals surface area contributed by atoms with E-state index in [1.54, 1.807) is 0 Å². The van der Waals surface area contributed by atoms with Gasteiger partial charge in [0, 0.05) is 31.3 Å². The van der Waals surface area contributed by atoms with Crippen LogP contribution in [0.5, 0.6) is 11.5 Å². The van der Waals surface area contributed by atoms with Crippen LogP contribution in [0.1, 0.15) is 19.3 Å². The third-order valence-corrected chi connectivity index (χ3v) is 3.77. The molecule has 0 spiro atoms. The van der Waals surface area contributed by atoms with Gasteiger partial charge in [-0.05, 0) is 37.2 Å². The van der Waals surface area contributed by atoms with Crippen LogP contribution in [0.25, 0.3) is 0 Å². The molecule has 5 nitrogen and oxygen atoms in total. The molecule has 0 aliphatic carbocycles. The quantitative estimate of drug-likeness (QED) is 0.836. The Hall–Kier alpha value is -1.53. The van der Waals surface area contributed by atoms with Crippen molar-refractivity contribution in [2.24, 2.45) is 0 Å². The number of fused-ring (bicyclic) bond motifs is 1. The lowest BCUT2D eigenvalue weighted by atomic mass is 10.2. The summed E-state index contributed by atoms with van der Waals surface area (Å²) in [7, 11) is 0. The molecule has 6 heteroatoms. The molecule has 114 valence electrons. The summed E-state index contributed by atoms with van der Waals surface area (Å²) in [6, 6.07) is 5.76. The highest BCUT2D eigenvalue weighted by atomic mass is 32.1. The van der Waals surface area contributed by atoms with E-state index in [9.17, 15) is 0 Å². The largest absolute Gasteiger partial charge is 0.490 e. The van der Waals surface area contributed by atoms with Gasteiger partial charge in [-0.15, -0.1) is 0 Å². The Balaban J connectivity index is 1.54. The molecule has 0 radical (unpaired) electrons. The van der Waals surface area contributed by atoms with Gasteiger partial charge >= 0.3 is 0 Å². The van der Waals surface area contributed by atoms with Crippen molar-refractivity contribution in [3.63, 3.8) is 0 Å². The SMILES string of the molecule is S=C(NC[C@@H]1CCCO1)Nc1ccc2c(c1)OCCCO2. The summed E-state index contributed by atoms with van der Waals surface area (Å²) in [5, 5.41) is 6.95. The Morgan fingerprint density at radius 2 is 2.00 bits per heavy atom. The first-order valence-electron chi connectivity index (χ1n) is 7.37. The van der Waals surface area contributed by atoms with Gasteiger partial charge in [0.1, 0.15) is 0 Å². The van der Waals surface area contributed by atoms with Gasteiger partial charge in [0.25, 0.3) is 0 Å². The molecular weight excluding hydrogens is 288 g/mol. The molecule has 0 amide bonds. The van der Waals surface area contributed by atoms with Gasteiger partial charge in [0.05, 0.1) is 19.3 Å². The Morgan fingerprint density at radius 3 is 2.81 bits per heavy atom. The van der Waals surface area contributed by atoms with E-state index >= 15 is 0 Å². The average Bonchev–Trinajstić information content (AvgIpc) is 2.90. The van der Waals surface area contributed by atoms with Crippen molar-refractivity contribution in [2.45, 2.75) is 25.4 Å². The molecule has 0 aromatic heterocycles. The third kappa shape index (κ3) is 3.98. The number of anilines is 1. The molecule has 1 aromatic rings. The van der Waals surface area contributed by atoms with Gasteiger partial charge in [-0.1, -0.05) is 0 Å². The third-order valence-electron chi connectivity index (χ3n) is 3.52. The van der Waals surface area contributed by atoms with Crippen LogP contribution in [0, 0.1) is 0 Å². The molecule has 1 atom stereocenters. The number of hydrogen-bond donors (Lipinski definition) is 2. The van der Waals surface area contributed by atoms with Crippen LogP contribution in [-0.4, -0.2) is 37.6 Å². The maximum Gasteiger partial charge on any atom is 0.170 e. The maximum absolute atomic E-state index is 5.66. The summed E-state index contributed by atoms with van der Waals surface area (Å²) in [6.07, 6.45) is 3.40. The first-order chi connectivity index (χ1) is 10.3. The second kappa shape index (κ2) is 6.95. The zero-order chi connectivity index (χ0) is 14.5. The summed E-state index contributed by atoms with van der Waals surface area (Å²) in [5.74, 6) is 1.55. The van der Waals surface area contributed by atoms with Crippen molar-refractivity contribution in [1.29, 1.82) is 0 Å². The van der Waals surface area contributed by atoms with Crippen LogP contribution in [-0.2, 0) is 4.74 Å². The minimum absolute atomic E-state index is 0.272. The van der Waals surface area contributed by atoms with E-state index in [0.717, 1.165) is 49.6 Å². The van der Waals surface area contributed by atoms with Crippen molar-refractivity contribution >= 4 is 23.0 Å². The second-order valence-electron chi connectivity index (χ2n) is 5.18. The van der Waals surface area contributed by atoms with Gasteiger partial charge in [0.15, 0.2) is 16.6 Å². The molecule has 2 heterocycles. The molecule has 1 fully saturated rings. The van der Waals surface area contributed by atoms with Gasteiger partial charge in [-0.3, -0.25) is 0 Å². The van der Waals surface area contributed by atoms with E-state index in [-0.39, 0.29) is 6.10 Å². The van der Waals surface area contributed by atoms with Crippen LogP contribution in [0.3, 0.4) is 0 Å². The molecule has 1 saturated heterocycles. The minimum atomic E-state index is 0.272. The lowest BCUT2D eigenvalue weighted by molar-refractivity contribution is 0.114. The molecule has 0 saturated carbocycles. The molecule has 2 N–H and O–H groups in total. The first-order valence-corrected chi connectivity index (χ1v) is 7.78. The molecule has 0 bridgehead atoms. The Labute approximate surface area is 130 Å². The summed E-state index contributed by atoms with van der Waals surface area (Å²) >= 11 is 5.30. The fourth-order valence-electron chi connectivity index (χ4n) is 2.43. The number of thiocarbonyl (C=S) groups is 1. The highest BCUT2D eigenvalue weighted by molar-refractivity contribution is 7.80. The monoisotopic (exact) mass is 308 g/mol. The van der Waals surface area contributed by atoms with Crippen LogP contribution in [0.2, 0.25) is 0 Å². The Kier molecular flexibility index (Phi) is 4.77. The van der Waals surface area contributed by atoms with Crippen LogP contribution in [0.4, 0.5) is 5.69 Å². The second-order valence-corrected chi connectivity index (χ2v) is 5.59. The number of benzene rings is 1. The van der Waals surface area contributed by atoms with Crippen molar-refractivity contribution in [1.82, 2.24) is 5.32 Å². The van der Waals surface area contributed by atoms with Gasteiger partial charge in [-0.25, -0.2) is 0 Å². The Morgan fingerprint density at radius 1 is 1.14 bits per heavy atom. The zero-order valence-corrected chi connectivity index (χ0v) is 12.7. The summed E-state index contributed by atoms with van der Waals surface area (Å²) in [6.45, 7) is 2.98. The van der Waals surface area contributed by atoms with Gasteiger partial charge < -0.3 is 24.8 Å². The maximum atomic E-state index is 5.66. The fourth-order valence-corrected chi connectivity index (χ4v) is 2.63. The standard InChI is InChI=1S/C15H20N2O3S/c21-15(16-10-12-3-1-6-18-12)17-11-4-5-13-14(9-11)20-8-2-7-19-13/h4-5,9,12H,1-3,6-8,10H2,(H2,16,17,21)/t12-/m0/s1. The topological polar surface area (TPSA) is 51.8 Å². The first kappa shape index (κ1) is 14.4. The highest BCUT2D eigenvalue weighted by Gasteiger charge is 2.15. The lowest BCUT2D eigenvalue weighted by Crippen LogP contribution is -2.34. The predicted molar refractivity (Wildman–Crippen MR) is 85.2 cm³/mol. The fraction of sp³-hybridized carbons (Fsp3) is 0.533. The molecular formula is C15H20N2O3S. The van der Waals surface area contributed by atoms with E-state index in [4.69, 9.17) is 26.4 Å². The molecule has 2 aliphatic rings. The lowest BCUT2D eigenvalue weighted by Gasteiger charge is -2.15. The van der Waals surface area contributed by atoms with Crippen molar-refractivity contribution in [3.05, 3.63) is 18.2 Å². The normalized spacial score (nSPS) is 20.7. The minimum Gasteiger partial charge on any atom is -0.490 e. The smallest absolute Gasteiger partial charge is 0.170 e. The van der Waals surface area contributed by atoms with Crippen LogP contribution < -0.4 is 20.1 Å². The van der Waals surface area contributed by atoms with Crippen molar-refractivity contribution in [2.75, 3.05) is 31.7 Å². The van der Waals surface area contributed by atoms with Crippen LogP contribution >= 0.6 is 12.2 Å². The summed E-state index contributed by atoms with van der Waals surface area (Å²) < 4.78 is 16.8.